The van der Waals surface area contributed by atoms with Gasteiger partial charge in [-0.15, -0.1) is 0 Å². The molecule has 5 aliphatic heterocycles. The number of allylic oxidation sites excluding steroid dienone is 3. The lowest BCUT2D eigenvalue weighted by atomic mass is 9.60. The predicted octanol–water partition coefficient (Wildman–Crippen LogP) is 3.85. The van der Waals surface area contributed by atoms with Crippen LogP contribution in [-0.4, -0.2) is 135 Å². The van der Waals surface area contributed by atoms with E-state index in [4.69, 9.17) is 18.9 Å². The van der Waals surface area contributed by atoms with Crippen LogP contribution in [0.1, 0.15) is 72.1 Å². The number of esters is 3. The van der Waals surface area contributed by atoms with Crippen LogP contribution in [0.4, 0.5) is 4.39 Å². The first-order valence-electron chi connectivity index (χ1n) is 21.3. The standard InChI is InChI=1S/C44H65FN4O8/c1-7-42(17-11-19-49-18-10-14-37(42)49)39(57-28(3)50)44(53,41(52)56-6)26-46-31-15-16-34(36(21-31)54-4)43(40(51)55-5)22-29-20-30(27(2)45)24-48(23-29)25-33-32-12-8-9-13-35(32)47-38(33)43/h8-9,12-13,16,21,27,29-33,35,37-39,46-47,53H,7,10-11,14-15,17-20,22-26H2,1-6H3/t27?,29?,30?,31?,32?,33?,35?,37-,38?,39-,42-,43+,44+/m1/s1. The monoisotopic (exact) mass is 796 g/mol. The van der Waals surface area contributed by atoms with Crippen molar-refractivity contribution < 1.29 is 42.8 Å². The summed E-state index contributed by atoms with van der Waals surface area (Å²) in [6, 6.07) is -0.629. The van der Waals surface area contributed by atoms with Gasteiger partial charge in [-0.3, -0.25) is 14.5 Å². The normalized spacial score (nSPS) is 39.4. The molecule has 2 aliphatic carbocycles. The van der Waals surface area contributed by atoms with Crippen molar-refractivity contribution >= 4 is 17.9 Å². The minimum absolute atomic E-state index is 0.0331. The molecule has 0 spiro atoms. The Kier molecular flexibility index (Phi) is 12.4. The van der Waals surface area contributed by atoms with Crippen molar-refractivity contribution in [3.63, 3.8) is 0 Å². The van der Waals surface area contributed by atoms with Crippen molar-refractivity contribution in [1.82, 2.24) is 20.4 Å². The fraction of sp³-hybridized carbons (Fsp3) is 0.750. The van der Waals surface area contributed by atoms with Crippen molar-refractivity contribution in [2.24, 2.45) is 34.5 Å². The maximum atomic E-state index is 15.1. The Morgan fingerprint density at radius 1 is 1.11 bits per heavy atom. The summed E-state index contributed by atoms with van der Waals surface area (Å²) in [7, 11) is 4.27. The lowest BCUT2D eigenvalue weighted by molar-refractivity contribution is -0.211. The van der Waals surface area contributed by atoms with Gasteiger partial charge in [-0.25, -0.2) is 9.18 Å². The molecule has 0 radical (unpaired) electrons. The van der Waals surface area contributed by atoms with Crippen LogP contribution >= 0.6 is 0 Å². The van der Waals surface area contributed by atoms with Gasteiger partial charge in [-0.1, -0.05) is 37.3 Å². The Hall–Kier alpha value is -3.10. The number of carbonyl (C=O) groups excluding carboxylic acids is 3. The fourth-order valence-electron chi connectivity index (χ4n) is 12.6. The number of hydrogen-bond donors (Lipinski definition) is 3. The number of nitrogens with zero attached hydrogens (tertiary/aromatic N) is 2. The summed E-state index contributed by atoms with van der Waals surface area (Å²) in [6.45, 7) is 8.84. The van der Waals surface area contributed by atoms with Gasteiger partial charge in [0.2, 0.25) is 5.60 Å². The van der Waals surface area contributed by atoms with Crippen LogP contribution in [0.15, 0.2) is 47.8 Å². The van der Waals surface area contributed by atoms with Gasteiger partial charge < -0.3 is 39.6 Å². The molecule has 0 aromatic carbocycles. The lowest BCUT2D eigenvalue weighted by Crippen LogP contribution is -2.68. The van der Waals surface area contributed by atoms with Gasteiger partial charge in [0.15, 0.2) is 0 Å². The van der Waals surface area contributed by atoms with Crippen molar-refractivity contribution in [2.45, 2.75) is 114 Å². The highest BCUT2D eigenvalue weighted by molar-refractivity contribution is 5.84. The van der Waals surface area contributed by atoms with Gasteiger partial charge in [0.05, 0.1) is 21.3 Å². The van der Waals surface area contributed by atoms with Crippen LogP contribution < -0.4 is 10.6 Å². The van der Waals surface area contributed by atoms with E-state index in [1.807, 2.05) is 25.2 Å². The number of halogens is 1. The van der Waals surface area contributed by atoms with Gasteiger partial charge in [0, 0.05) is 80.1 Å². The number of rotatable bonds is 12. The molecule has 57 heavy (non-hydrogen) atoms. The molecular formula is C44H65FN4O8. The second-order valence-electron chi connectivity index (χ2n) is 18.0. The molecule has 316 valence electrons. The first-order valence-corrected chi connectivity index (χ1v) is 21.3. The summed E-state index contributed by atoms with van der Waals surface area (Å²) in [6.07, 6.45) is 16.0. The molecule has 2 bridgehead atoms. The Bertz CT molecular complexity index is 1650. The molecular weight excluding hydrogens is 732 g/mol. The molecule has 0 amide bonds. The van der Waals surface area contributed by atoms with E-state index in [9.17, 15) is 19.5 Å². The summed E-state index contributed by atoms with van der Waals surface area (Å²) < 4.78 is 38.3. The molecule has 0 aromatic rings. The zero-order valence-electron chi connectivity index (χ0n) is 34.7. The van der Waals surface area contributed by atoms with Gasteiger partial charge in [0.1, 0.15) is 23.4 Å². The van der Waals surface area contributed by atoms with Gasteiger partial charge in [-0.2, -0.15) is 0 Å². The zero-order valence-corrected chi connectivity index (χ0v) is 34.7. The van der Waals surface area contributed by atoms with E-state index < -0.39 is 46.7 Å². The van der Waals surface area contributed by atoms with Crippen molar-refractivity contribution in [3.05, 3.63) is 47.8 Å². The van der Waals surface area contributed by atoms with Gasteiger partial charge in [0.25, 0.3) is 0 Å². The van der Waals surface area contributed by atoms with Crippen LogP contribution in [0.25, 0.3) is 0 Å². The number of piperidine rings is 2. The molecule has 3 N–H and O–H groups in total. The zero-order chi connectivity index (χ0) is 40.7. The van der Waals surface area contributed by atoms with Crippen molar-refractivity contribution in [2.75, 3.05) is 60.6 Å². The molecule has 5 fully saturated rings. The Morgan fingerprint density at radius 2 is 1.88 bits per heavy atom. The highest BCUT2D eigenvalue weighted by Gasteiger charge is 2.63. The summed E-state index contributed by atoms with van der Waals surface area (Å²) in [4.78, 5) is 46.1. The number of carbonyl (C=O) groups is 3. The number of ether oxygens (including phenoxy) is 4. The maximum absolute atomic E-state index is 15.1. The summed E-state index contributed by atoms with van der Waals surface area (Å²) >= 11 is 0. The van der Waals surface area contributed by atoms with E-state index in [1.165, 1.54) is 21.1 Å². The Labute approximate surface area is 337 Å². The van der Waals surface area contributed by atoms with Crippen LogP contribution in [0.3, 0.4) is 0 Å². The van der Waals surface area contributed by atoms with Crippen LogP contribution in [-0.2, 0) is 33.3 Å². The minimum Gasteiger partial charge on any atom is -0.497 e. The Morgan fingerprint density at radius 3 is 2.58 bits per heavy atom. The number of aliphatic hydroxyl groups is 1. The molecule has 9 unspecified atom stereocenters. The first-order chi connectivity index (χ1) is 27.3. The number of fused-ring (bicyclic) bond motifs is 6. The quantitative estimate of drug-likeness (QED) is 0.196. The maximum Gasteiger partial charge on any atom is 0.343 e. The van der Waals surface area contributed by atoms with E-state index >= 15 is 4.39 Å². The first kappa shape index (κ1) is 42.0. The Balaban J connectivity index is 1.22. The number of hydrogen-bond acceptors (Lipinski definition) is 12. The second-order valence-corrected chi connectivity index (χ2v) is 18.0. The van der Waals surface area contributed by atoms with E-state index in [0.29, 0.717) is 44.4 Å². The highest BCUT2D eigenvalue weighted by Crippen LogP contribution is 2.54. The van der Waals surface area contributed by atoms with E-state index in [2.05, 4.69) is 38.7 Å². The molecule has 5 saturated heterocycles. The second kappa shape index (κ2) is 16.9. The van der Waals surface area contributed by atoms with Gasteiger partial charge >= 0.3 is 17.9 Å². The predicted molar refractivity (Wildman–Crippen MR) is 212 cm³/mol. The molecule has 0 saturated carbocycles. The molecule has 0 aromatic heterocycles. The topological polar surface area (TPSA) is 139 Å². The van der Waals surface area contributed by atoms with Crippen LogP contribution in [0.5, 0.6) is 0 Å². The molecule has 12 nitrogen and oxygen atoms in total. The average Bonchev–Trinajstić information content (AvgIpc) is 3.85. The molecule has 7 rings (SSSR count). The van der Waals surface area contributed by atoms with Crippen LogP contribution in [0, 0.1) is 34.5 Å². The summed E-state index contributed by atoms with van der Waals surface area (Å²) in [5.41, 5.74) is -3.26. The molecule has 14 atom stereocenters. The van der Waals surface area contributed by atoms with Crippen molar-refractivity contribution in [1.29, 1.82) is 0 Å². The minimum atomic E-state index is -2.20. The molecule has 5 heterocycles. The third-order valence-electron chi connectivity index (χ3n) is 15.0. The third-order valence-corrected chi connectivity index (χ3v) is 15.0. The smallest absolute Gasteiger partial charge is 0.343 e. The summed E-state index contributed by atoms with van der Waals surface area (Å²) in [5.74, 6) is -1.17. The fourth-order valence-corrected chi connectivity index (χ4v) is 12.6. The summed E-state index contributed by atoms with van der Waals surface area (Å²) in [5, 5.41) is 19.9. The highest BCUT2D eigenvalue weighted by atomic mass is 19.1. The van der Waals surface area contributed by atoms with E-state index in [1.54, 1.807) is 14.0 Å². The molecule has 7 aliphatic rings. The van der Waals surface area contributed by atoms with Crippen LogP contribution in [0.2, 0.25) is 0 Å². The lowest BCUT2D eigenvalue weighted by Gasteiger charge is -2.53. The SMILES string of the molecule is CC[C@@]1([C@@H](OC(C)=O)[C@@](O)(CNC2C=C(OC)C([C@@]3(C(=O)OC)CC4CC(C(C)F)CN(C4)CC4C5C=CC=CC5NC43)=CC2)C(=O)OC)CCCN2CCC[C@@H]21. The largest absolute Gasteiger partial charge is 0.497 e. The number of alkyl halides is 1. The molecule has 13 heteroatoms. The van der Waals surface area contributed by atoms with E-state index in [-0.39, 0.29) is 54.3 Å². The van der Waals surface area contributed by atoms with Gasteiger partial charge in [-0.05, 0) is 89.3 Å². The average molecular weight is 797 g/mol. The number of nitrogens with one attached hydrogen (secondary N) is 2. The third kappa shape index (κ3) is 7.42. The van der Waals surface area contributed by atoms with Crippen molar-refractivity contribution in [3.8, 4) is 0 Å². The number of methoxy groups -OCH3 is 3. The van der Waals surface area contributed by atoms with E-state index in [0.717, 1.165) is 51.0 Å².